The molecule has 1 rings (SSSR count). The van der Waals surface area contributed by atoms with E-state index in [4.69, 9.17) is 0 Å². The zero-order chi connectivity index (χ0) is 14.5. The van der Waals surface area contributed by atoms with Crippen molar-refractivity contribution in [3.8, 4) is 0 Å². The van der Waals surface area contributed by atoms with E-state index in [0.717, 1.165) is 5.56 Å². The molecule has 19 heavy (non-hydrogen) atoms. The molecule has 0 saturated carbocycles. The molecule has 6 heteroatoms. The lowest BCUT2D eigenvalue weighted by Gasteiger charge is -2.09. The second kappa shape index (κ2) is 6.68. The number of hydrogen-bond donors (Lipinski definition) is 1. The molecule has 0 fully saturated rings. The van der Waals surface area contributed by atoms with Crippen LogP contribution in [0.2, 0.25) is 0 Å². The van der Waals surface area contributed by atoms with Gasteiger partial charge < -0.3 is 4.74 Å². The van der Waals surface area contributed by atoms with E-state index >= 15 is 0 Å². The summed E-state index contributed by atoms with van der Waals surface area (Å²) in [6, 6.07) is 5.28. The van der Waals surface area contributed by atoms with Crippen molar-refractivity contribution in [1.29, 1.82) is 0 Å². The molecule has 0 bridgehead atoms. The van der Waals surface area contributed by atoms with E-state index in [1.807, 2.05) is 13.0 Å². The summed E-state index contributed by atoms with van der Waals surface area (Å²) in [4.78, 5) is 11.2. The molecular formula is C13H19NO4S. The number of esters is 1. The molecule has 1 N–H and O–H groups in total. The van der Waals surface area contributed by atoms with E-state index in [9.17, 15) is 13.2 Å². The smallest absolute Gasteiger partial charge is 0.305 e. The van der Waals surface area contributed by atoms with Gasteiger partial charge >= 0.3 is 5.97 Å². The summed E-state index contributed by atoms with van der Waals surface area (Å²) in [7, 11) is -2.21. The molecule has 0 aliphatic rings. The molecule has 0 atom stereocenters. The molecule has 0 aliphatic heterocycles. The molecule has 106 valence electrons. The molecule has 0 spiro atoms. The molecule has 0 aliphatic carbocycles. The lowest BCUT2D eigenvalue weighted by atomic mass is 10.2. The number of ether oxygens (including phenoxy) is 1. The monoisotopic (exact) mass is 285 g/mol. The molecule has 0 aromatic heterocycles. The van der Waals surface area contributed by atoms with Crippen LogP contribution in [-0.4, -0.2) is 28.0 Å². The number of hydrogen-bond acceptors (Lipinski definition) is 4. The average Bonchev–Trinajstić information content (AvgIpc) is 2.37. The fourth-order valence-electron chi connectivity index (χ4n) is 1.62. The molecule has 0 radical (unpaired) electrons. The zero-order valence-electron chi connectivity index (χ0n) is 11.4. The van der Waals surface area contributed by atoms with E-state index < -0.39 is 10.0 Å². The van der Waals surface area contributed by atoms with Crippen LogP contribution in [0.5, 0.6) is 0 Å². The molecule has 0 unspecified atom stereocenters. The number of methoxy groups -OCH3 is 1. The second-order valence-corrected chi connectivity index (χ2v) is 6.08. The van der Waals surface area contributed by atoms with Crippen molar-refractivity contribution in [3.63, 3.8) is 0 Å². The first-order valence-electron chi connectivity index (χ1n) is 6.00. The largest absolute Gasteiger partial charge is 0.469 e. The van der Waals surface area contributed by atoms with Gasteiger partial charge in [0.15, 0.2) is 0 Å². The van der Waals surface area contributed by atoms with Crippen molar-refractivity contribution < 1.29 is 17.9 Å². The van der Waals surface area contributed by atoms with Crippen molar-refractivity contribution in [1.82, 2.24) is 4.72 Å². The van der Waals surface area contributed by atoms with E-state index in [0.29, 0.717) is 12.0 Å². The summed E-state index contributed by atoms with van der Waals surface area (Å²) in [6.07, 6.45) is 0.614. The lowest BCUT2D eigenvalue weighted by molar-refractivity contribution is -0.140. The Morgan fingerprint density at radius 1 is 1.32 bits per heavy atom. The van der Waals surface area contributed by atoms with Gasteiger partial charge in [0.25, 0.3) is 0 Å². The van der Waals surface area contributed by atoms with Crippen molar-refractivity contribution in [2.24, 2.45) is 0 Å². The Hall–Kier alpha value is -1.40. The van der Waals surface area contributed by atoms with E-state index in [1.165, 1.54) is 7.11 Å². The number of carbonyl (C=O) groups is 1. The number of carbonyl (C=O) groups excluding carboxylic acids is 1. The van der Waals surface area contributed by atoms with Crippen LogP contribution in [0, 0.1) is 13.8 Å². The van der Waals surface area contributed by atoms with Gasteiger partial charge in [0.05, 0.1) is 12.0 Å². The van der Waals surface area contributed by atoms with Crippen LogP contribution in [0.4, 0.5) is 0 Å². The van der Waals surface area contributed by atoms with Crippen LogP contribution in [0.3, 0.4) is 0 Å². The van der Waals surface area contributed by atoms with Gasteiger partial charge in [-0.05, 0) is 37.5 Å². The molecule has 1 aromatic carbocycles. The highest BCUT2D eigenvalue weighted by Gasteiger charge is 2.16. The maximum atomic E-state index is 12.1. The van der Waals surface area contributed by atoms with E-state index in [-0.39, 0.29) is 23.8 Å². The van der Waals surface area contributed by atoms with Crippen molar-refractivity contribution in [3.05, 3.63) is 29.3 Å². The molecule has 0 heterocycles. The first-order valence-corrected chi connectivity index (χ1v) is 7.49. The Kier molecular flexibility index (Phi) is 5.50. The van der Waals surface area contributed by atoms with Crippen LogP contribution >= 0.6 is 0 Å². The number of aryl methyl sites for hydroxylation is 2. The molecule has 0 saturated heterocycles. The summed E-state index contributed by atoms with van der Waals surface area (Å²) < 4.78 is 31.2. The topological polar surface area (TPSA) is 72.5 Å². The maximum absolute atomic E-state index is 12.1. The summed E-state index contributed by atoms with van der Waals surface area (Å²) in [5.41, 5.74) is 1.59. The second-order valence-electron chi connectivity index (χ2n) is 4.35. The first-order chi connectivity index (χ1) is 8.86. The highest BCUT2D eigenvalue weighted by atomic mass is 32.2. The van der Waals surface area contributed by atoms with E-state index in [2.05, 4.69) is 9.46 Å². The van der Waals surface area contributed by atoms with Gasteiger partial charge in [0, 0.05) is 13.0 Å². The van der Waals surface area contributed by atoms with Crippen LogP contribution in [0.25, 0.3) is 0 Å². The minimum atomic E-state index is -3.52. The Morgan fingerprint density at radius 3 is 2.63 bits per heavy atom. The quantitative estimate of drug-likeness (QED) is 0.635. The van der Waals surface area contributed by atoms with Gasteiger partial charge in [-0.15, -0.1) is 0 Å². The average molecular weight is 285 g/mol. The summed E-state index contributed by atoms with van der Waals surface area (Å²) in [6.45, 7) is 3.81. The third-order valence-electron chi connectivity index (χ3n) is 2.71. The first kappa shape index (κ1) is 15.7. The Bertz CT molecular complexity index is 552. The Balaban J connectivity index is 2.66. The molecule has 0 amide bonds. The van der Waals surface area contributed by atoms with Gasteiger partial charge in [-0.2, -0.15) is 0 Å². The van der Waals surface area contributed by atoms with Gasteiger partial charge in [-0.1, -0.05) is 12.1 Å². The minimum Gasteiger partial charge on any atom is -0.469 e. The number of nitrogens with one attached hydrogen (secondary N) is 1. The number of sulfonamides is 1. The summed E-state index contributed by atoms with van der Waals surface area (Å²) in [5, 5.41) is 0. The number of rotatable bonds is 6. The summed E-state index contributed by atoms with van der Waals surface area (Å²) >= 11 is 0. The molecular weight excluding hydrogens is 266 g/mol. The highest BCUT2D eigenvalue weighted by molar-refractivity contribution is 7.89. The third kappa shape index (κ3) is 4.65. The number of benzene rings is 1. The molecule has 5 nitrogen and oxygen atoms in total. The highest BCUT2D eigenvalue weighted by Crippen LogP contribution is 2.16. The predicted octanol–water partition coefficient (Wildman–Crippen LogP) is 1.53. The molecule has 1 aromatic rings. The fraction of sp³-hybridized carbons (Fsp3) is 0.462. The van der Waals surface area contributed by atoms with Gasteiger partial charge in [-0.25, -0.2) is 13.1 Å². The SMILES string of the molecule is COC(=O)CCCNS(=O)(=O)c1cc(C)ccc1C. The minimum absolute atomic E-state index is 0.200. The predicted molar refractivity (Wildman–Crippen MR) is 72.4 cm³/mol. The Morgan fingerprint density at radius 2 is 2.00 bits per heavy atom. The van der Waals surface area contributed by atoms with Crippen molar-refractivity contribution in [2.45, 2.75) is 31.6 Å². The van der Waals surface area contributed by atoms with Crippen LogP contribution in [0.1, 0.15) is 24.0 Å². The normalized spacial score (nSPS) is 11.3. The zero-order valence-corrected chi connectivity index (χ0v) is 12.2. The van der Waals surface area contributed by atoms with Gasteiger partial charge in [-0.3, -0.25) is 4.79 Å². The van der Waals surface area contributed by atoms with Crippen molar-refractivity contribution >= 4 is 16.0 Å². The van der Waals surface area contributed by atoms with Crippen LogP contribution < -0.4 is 4.72 Å². The van der Waals surface area contributed by atoms with E-state index in [1.54, 1.807) is 19.1 Å². The Labute approximate surface area is 114 Å². The van der Waals surface area contributed by atoms with Gasteiger partial charge in [0.2, 0.25) is 10.0 Å². The summed E-state index contributed by atoms with van der Waals surface area (Å²) in [5.74, 6) is -0.342. The van der Waals surface area contributed by atoms with Crippen molar-refractivity contribution in [2.75, 3.05) is 13.7 Å². The van der Waals surface area contributed by atoms with Crippen LogP contribution in [0.15, 0.2) is 23.1 Å². The standard InChI is InChI=1S/C13H19NO4S/c1-10-6-7-11(2)12(9-10)19(16,17)14-8-4-5-13(15)18-3/h6-7,9,14H,4-5,8H2,1-3H3. The lowest BCUT2D eigenvalue weighted by Crippen LogP contribution is -2.26. The fourth-order valence-corrected chi connectivity index (χ4v) is 3.02. The maximum Gasteiger partial charge on any atom is 0.305 e. The van der Waals surface area contributed by atoms with Crippen LogP contribution in [-0.2, 0) is 19.6 Å². The third-order valence-corrected chi connectivity index (χ3v) is 4.31. The van der Waals surface area contributed by atoms with Gasteiger partial charge in [0.1, 0.15) is 0 Å².